The third-order valence-corrected chi connectivity index (χ3v) is 3.63. The first-order valence-corrected chi connectivity index (χ1v) is 6.56. The van der Waals surface area contributed by atoms with E-state index in [-0.39, 0.29) is 11.7 Å². The van der Waals surface area contributed by atoms with Gasteiger partial charge in [0, 0.05) is 26.2 Å². The Hall–Kier alpha value is -1.57. The average Bonchev–Trinajstić information content (AvgIpc) is 2.34. The first-order valence-electron chi connectivity index (χ1n) is 6.18. The molecule has 0 radical (unpaired) electrons. The highest BCUT2D eigenvalue weighted by Crippen LogP contribution is 2.33. The fraction of sp³-hybridized carbons (Fsp3) is 0.583. The summed E-state index contributed by atoms with van der Waals surface area (Å²) in [6.45, 7) is 4.02. The van der Waals surface area contributed by atoms with Crippen LogP contribution in [-0.4, -0.2) is 46.5 Å². The Kier molecular flexibility index (Phi) is 3.77. The summed E-state index contributed by atoms with van der Waals surface area (Å²) in [7, 11) is 1.65. The van der Waals surface area contributed by atoms with Crippen LogP contribution >= 0.6 is 11.6 Å². The number of hydrogen-bond acceptors (Lipinski definition) is 4. The summed E-state index contributed by atoms with van der Waals surface area (Å²) in [4.78, 5) is 22.3. The molecule has 0 atom stereocenters. The topological polar surface area (TPSA) is 49.3 Å². The molecule has 1 amide bonds. The lowest BCUT2D eigenvalue weighted by Crippen LogP contribution is -2.62. The van der Waals surface area contributed by atoms with Gasteiger partial charge >= 0.3 is 6.18 Å². The van der Waals surface area contributed by atoms with Gasteiger partial charge in [0.2, 0.25) is 11.2 Å². The van der Waals surface area contributed by atoms with Crippen molar-refractivity contribution in [3.05, 3.63) is 17.0 Å². The summed E-state index contributed by atoms with van der Waals surface area (Å²) in [6, 6.07) is 0.812. The van der Waals surface area contributed by atoms with Crippen LogP contribution in [0.2, 0.25) is 5.28 Å². The van der Waals surface area contributed by atoms with Gasteiger partial charge in [0.25, 0.3) is 0 Å². The molecule has 116 valence electrons. The number of nitrogens with zero attached hydrogens (tertiary/aromatic N) is 4. The van der Waals surface area contributed by atoms with Crippen molar-refractivity contribution in [1.82, 2.24) is 14.9 Å². The molecule has 0 aliphatic carbocycles. The highest BCUT2D eigenvalue weighted by atomic mass is 35.5. The lowest BCUT2D eigenvalue weighted by molar-refractivity contribution is -0.141. The van der Waals surface area contributed by atoms with E-state index < -0.39 is 22.7 Å². The van der Waals surface area contributed by atoms with E-state index in [4.69, 9.17) is 11.6 Å². The summed E-state index contributed by atoms with van der Waals surface area (Å²) < 4.78 is 38.4. The van der Waals surface area contributed by atoms with Crippen molar-refractivity contribution in [1.29, 1.82) is 0 Å². The fourth-order valence-corrected chi connectivity index (χ4v) is 2.48. The smallest absolute Gasteiger partial charge is 0.342 e. The van der Waals surface area contributed by atoms with E-state index in [9.17, 15) is 18.0 Å². The maximum atomic E-state index is 12.8. The molecular weight excluding hydrogens is 309 g/mol. The second-order valence-corrected chi connectivity index (χ2v) is 5.65. The van der Waals surface area contributed by atoms with Crippen LogP contribution in [0.15, 0.2) is 6.07 Å². The van der Waals surface area contributed by atoms with Crippen molar-refractivity contribution in [2.24, 2.45) is 0 Å². The molecule has 0 unspecified atom stereocenters. The van der Waals surface area contributed by atoms with Crippen LogP contribution in [0.5, 0.6) is 0 Å². The van der Waals surface area contributed by atoms with Crippen LogP contribution in [0.4, 0.5) is 19.0 Å². The minimum absolute atomic E-state index is 0.00576. The van der Waals surface area contributed by atoms with Crippen LogP contribution < -0.4 is 4.90 Å². The molecule has 1 aliphatic heterocycles. The van der Waals surface area contributed by atoms with Crippen LogP contribution in [0.3, 0.4) is 0 Å². The highest BCUT2D eigenvalue weighted by molar-refractivity contribution is 6.28. The molecule has 0 aromatic carbocycles. The Morgan fingerprint density at radius 3 is 2.48 bits per heavy atom. The predicted molar refractivity (Wildman–Crippen MR) is 71.1 cm³/mol. The monoisotopic (exact) mass is 322 g/mol. The highest BCUT2D eigenvalue weighted by Gasteiger charge is 2.42. The zero-order chi connectivity index (χ0) is 16.0. The second-order valence-electron chi connectivity index (χ2n) is 5.32. The summed E-state index contributed by atoms with van der Waals surface area (Å²) in [5.41, 5.74) is -2.13. The molecule has 2 rings (SSSR count). The standard InChI is InChI=1S/C12H14ClF3N4O/c1-11(2)9(21)19(3)4-5-20(11)8-6-7(12(14,15)16)17-10(13)18-8/h6H,4-5H2,1-3H3. The molecule has 1 saturated heterocycles. The zero-order valence-electron chi connectivity index (χ0n) is 11.7. The molecule has 0 bridgehead atoms. The van der Waals surface area contributed by atoms with Gasteiger partial charge in [-0.1, -0.05) is 0 Å². The first kappa shape index (κ1) is 15.8. The quantitative estimate of drug-likeness (QED) is 0.744. The van der Waals surface area contributed by atoms with Crippen molar-refractivity contribution >= 4 is 23.3 Å². The number of piperazine rings is 1. The van der Waals surface area contributed by atoms with Crippen molar-refractivity contribution < 1.29 is 18.0 Å². The molecular formula is C12H14ClF3N4O. The molecule has 1 aliphatic rings. The molecule has 1 aromatic heterocycles. The van der Waals surface area contributed by atoms with Crippen molar-refractivity contribution in [3.63, 3.8) is 0 Å². The number of aromatic nitrogens is 2. The SMILES string of the molecule is CN1CCN(c2cc(C(F)(F)F)nc(Cl)n2)C(C)(C)C1=O. The molecule has 1 fully saturated rings. The molecule has 0 saturated carbocycles. The van der Waals surface area contributed by atoms with E-state index >= 15 is 0 Å². The summed E-state index contributed by atoms with van der Waals surface area (Å²) in [5.74, 6) is -0.203. The molecule has 1 aromatic rings. The number of hydrogen-bond donors (Lipinski definition) is 0. The second kappa shape index (κ2) is 5.01. The number of anilines is 1. The number of halogens is 4. The minimum atomic E-state index is -4.62. The van der Waals surface area contributed by atoms with Gasteiger partial charge in [-0.2, -0.15) is 13.2 Å². The lowest BCUT2D eigenvalue weighted by Gasteiger charge is -2.45. The predicted octanol–water partition coefficient (Wildman–Crippen LogP) is 2.21. The molecule has 9 heteroatoms. The van der Waals surface area contributed by atoms with Crippen LogP contribution in [0, 0.1) is 0 Å². The molecule has 2 heterocycles. The third-order valence-electron chi connectivity index (χ3n) is 3.46. The Balaban J connectivity index is 2.47. The Morgan fingerprint density at radius 2 is 1.90 bits per heavy atom. The fourth-order valence-electron chi connectivity index (χ4n) is 2.30. The van der Waals surface area contributed by atoms with Gasteiger partial charge in [-0.05, 0) is 25.4 Å². The van der Waals surface area contributed by atoms with Crippen LogP contribution in [-0.2, 0) is 11.0 Å². The summed E-state index contributed by atoms with van der Waals surface area (Å²) >= 11 is 5.59. The third kappa shape index (κ3) is 2.90. The molecule has 5 nitrogen and oxygen atoms in total. The van der Waals surface area contributed by atoms with Gasteiger partial charge in [-0.15, -0.1) is 0 Å². The largest absolute Gasteiger partial charge is 0.433 e. The molecule has 0 spiro atoms. The van der Waals surface area contributed by atoms with Gasteiger partial charge in [-0.25, -0.2) is 9.97 Å². The Morgan fingerprint density at radius 1 is 1.29 bits per heavy atom. The zero-order valence-corrected chi connectivity index (χ0v) is 12.5. The van der Waals surface area contributed by atoms with Gasteiger partial charge in [0.05, 0.1) is 0 Å². The summed E-state index contributed by atoms with van der Waals surface area (Å²) in [5, 5.41) is -0.498. The number of alkyl halides is 3. The van der Waals surface area contributed by atoms with Gasteiger partial charge in [-0.3, -0.25) is 4.79 Å². The van der Waals surface area contributed by atoms with E-state index in [1.165, 1.54) is 9.80 Å². The van der Waals surface area contributed by atoms with E-state index in [1.807, 2.05) is 0 Å². The Labute approximate surface area is 124 Å². The van der Waals surface area contributed by atoms with Crippen molar-refractivity contribution in [2.75, 3.05) is 25.0 Å². The number of rotatable bonds is 1. The normalized spacial score (nSPS) is 19.1. The minimum Gasteiger partial charge on any atom is -0.342 e. The van der Waals surface area contributed by atoms with E-state index in [2.05, 4.69) is 9.97 Å². The van der Waals surface area contributed by atoms with Crippen LogP contribution in [0.25, 0.3) is 0 Å². The van der Waals surface area contributed by atoms with Gasteiger partial charge in [0.15, 0.2) is 5.69 Å². The Bertz CT molecular complexity index is 576. The number of amides is 1. The van der Waals surface area contributed by atoms with Crippen molar-refractivity contribution in [3.8, 4) is 0 Å². The number of carbonyl (C=O) groups excluding carboxylic acids is 1. The first-order chi connectivity index (χ1) is 9.53. The van der Waals surface area contributed by atoms with Gasteiger partial charge in [0.1, 0.15) is 11.4 Å². The van der Waals surface area contributed by atoms with E-state index in [1.54, 1.807) is 20.9 Å². The van der Waals surface area contributed by atoms with Crippen LogP contribution in [0.1, 0.15) is 19.5 Å². The average molecular weight is 323 g/mol. The van der Waals surface area contributed by atoms with E-state index in [0.29, 0.717) is 13.1 Å². The number of carbonyl (C=O) groups is 1. The lowest BCUT2D eigenvalue weighted by atomic mass is 9.98. The maximum absolute atomic E-state index is 12.8. The summed E-state index contributed by atoms with van der Waals surface area (Å²) in [6.07, 6.45) is -4.62. The van der Waals surface area contributed by atoms with Gasteiger partial charge < -0.3 is 9.80 Å². The molecule has 0 N–H and O–H groups in total. The van der Waals surface area contributed by atoms with E-state index in [0.717, 1.165) is 6.07 Å². The number of likely N-dealkylation sites (N-methyl/N-ethyl adjacent to an activating group) is 1. The maximum Gasteiger partial charge on any atom is 0.433 e. The molecule has 21 heavy (non-hydrogen) atoms. The van der Waals surface area contributed by atoms with Crippen molar-refractivity contribution in [2.45, 2.75) is 25.6 Å².